The van der Waals surface area contributed by atoms with Crippen molar-refractivity contribution in [2.75, 3.05) is 14.1 Å². The third-order valence-electron chi connectivity index (χ3n) is 5.58. The summed E-state index contributed by atoms with van der Waals surface area (Å²) in [4.78, 5) is 27.9. The second kappa shape index (κ2) is 7.75. The van der Waals surface area contributed by atoms with E-state index in [0.29, 0.717) is 21.7 Å². The van der Waals surface area contributed by atoms with Gasteiger partial charge in [0.25, 0.3) is 5.56 Å². The molecule has 158 valence electrons. The number of rotatable bonds is 4. The fraction of sp³-hybridized carbons (Fsp3) is 0.200. The van der Waals surface area contributed by atoms with Gasteiger partial charge in [0.15, 0.2) is 5.78 Å². The van der Waals surface area contributed by atoms with Gasteiger partial charge in [0.2, 0.25) is 0 Å². The van der Waals surface area contributed by atoms with Crippen LogP contribution < -0.4 is 5.56 Å². The Morgan fingerprint density at radius 2 is 1.65 bits per heavy atom. The van der Waals surface area contributed by atoms with Crippen molar-refractivity contribution in [3.05, 3.63) is 81.2 Å². The molecule has 2 heterocycles. The summed E-state index contributed by atoms with van der Waals surface area (Å²) in [5.41, 5.74) is 4.38. The smallest absolute Gasteiger partial charge is 0.259 e. The van der Waals surface area contributed by atoms with Crippen molar-refractivity contribution in [2.24, 2.45) is 14.1 Å². The van der Waals surface area contributed by atoms with Gasteiger partial charge < -0.3 is 9.47 Å². The van der Waals surface area contributed by atoms with E-state index in [1.807, 2.05) is 80.1 Å². The first-order valence-corrected chi connectivity index (χ1v) is 10.3. The van der Waals surface area contributed by atoms with Gasteiger partial charge >= 0.3 is 0 Å². The van der Waals surface area contributed by atoms with Crippen LogP contribution in [0.2, 0.25) is 5.02 Å². The van der Waals surface area contributed by atoms with Gasteiger partial charge in [-0.1, -0.05) is 23.7 Å². The average molecular weight is 434 g/mol. The number of benzene rings is 2. The van der Waals surface area contributed by atoms with E-state index < -0.39 is 0 Å². The number of nitrogens with zero attached hydrogens (tertiary/aromatic N) is 3. The molecule has 2 aromatic heterocycles. The maximum Gasteiger partial charge on any atom is 0.259 e. The molecule has 0 bridgehead atoms. The molecule has 0 aliphatic heterocycles. The highest BCUT2D eigenvalue weighted by atomic mass is 35.5. The van der Waals surface area contributed by atoms with Gasteiger partial charge in [0.1, 0.15) is 5.65 Å². The normalized spacial score (nSPS) is 12.0. The number of aryl methyl sites for hydroxylation is 2. The molecule has 0 spiro atoms. The maximum atomic E-state index is 13.1. The maximum absolute atomic E-state index is 13.1. The first kappa shape index (κ1) is 20.9. The van der Waals surface area contributed by atoms with Gasteiger partial charge in [-0.05, 0) is 48.9 Å². The third kappa shape index (κ3) is 3.55. The number of fused-ring (bicyclic) bond motifs is 3. The van der Waals surface area contributed by atoms with E-state index in [0.717, 1.165) is 27.5 Å². The quantitative estimate of drug-likeness (QED) is 0.336. The summed E-state index contributed by atoms with van der Waals surface area (Å²) in [6, 6.07) is 14.9. The van der Waals surface area contributed by atoms with Crippen LogP contribution in [-0.4, -0.2) is 33.9 Å². The summed E-state index contributed by atoms with van der Waals surface area (Å²) in [6.07, 6.45) is 1.82. The van der Waals surface area contributed by atoms with Crippen LogP contribution in [0.15, 0.2) is 65.1 Å². The molecule has 0 saturated carbocycles. The summed E-state index contributed by atoms with van der Waals surface area (Å²) < 4.78 is 3.66. The Balaban J connectivity index is 1.99. The van der Waals surface area contributed by atoms with Crippen LogP contribution in [-0.2, 0) is 14.1 Å². The molecule has 0 atom stereocenters. The SMILES string of the molecule is CC(=CN(C)C)C(=O)c1ccc2c(c1)c1cc(-c3ccc(Cl)cc3)c(=O)n(C)c1n2C. The Hall–Kier alpha value is -3.31. The standard InChI is InChI=1S/C25H24ClN3O2/c1-15(14-27(2)3)23(30)17-8-11-22-20(12-17)21-13-19(16-6-9-18(26)10-7-16)25(31)29(5)24(21)28(22)4/h6-14H,1-5H3. The molecule has 0 unspecified atom stereocenters. The minimum Gasteiger partial charge on any atom is -0.383 e. The molecule has 0 amide bonds. The van der Waals surface area contributed by atoms with Gasteiger partial charge in [0.05, 0.1) is 5.52 Å². The summed E-state index contributed by atoms with van der Waals surface area (Å²) >= 11 is 6.02. The van der Waals surface area contributed by atoms with Gasteiger partial charge in [-0.3, -0.25) is 14.2 Å². The highest BCUT2D eigenvalue weighted by molar-refractivity contribution is 6.30. The summed E-state index contributed by atoms with van der Waals surface area (Å²) in [7, 11) is 7.50. The largest absolute Gasteiger partial charge is 0.383 e. The van der Waals surface area contributed by atoms with Gasteiger partial charge in [0, 0.05) is 66.9 Å². The van der Waals surface area contributed by atoms with Crippen LogP contribution in [0.1, 0.15) is 17.3 Å². The van der Waals surface area contributed by atoms with Crippen molar-refractivity contribution in [3.63, 3.8) is 0 Å². The minimum atomic E-state index is -0.0817. The van der Waals surface area contributed by atoms with Crippen molar-refractivity contribution in [1.29, 1.82) is 0 Å². The molecule has 31 heavy (non-hydrogen) atoms. The number of carbonyl (C=O) groups is 1. The highest BCUT2D eigenvalue weighted by Crippen LogP contribution is 2.31. The van der Waals surface area contributed by atoms with Gasteiger partial charge in [-0.15, -0.1) is 0 Å². The molecular weight excluding hydrogens is 410 g/mol. The van der Waals surface area contributed by atoms with Crippen molar-refractivity contribution < 1.29 is 4.79 Å². The lowest BCUT2D eigenvalue weighted by Gasteiger charge is -2.08. The van der Waals surface area contributed by atoms with Crippen LogP contribution in [0.25, 0.3) is 33.1 Å². The van der Waals surface area contributed by atoms with Crippen LogP contribution in [0, 0.1) is 0 Å². The Kier molecular flexibility index (Phi) is 5.23. The van der Waals surface area contributed by atoms with Crippen LogP contribution in [0.3, 0.4) is 0 Å². The molecule has 0 N–H and O–H groups in total. The fourth-order valence-corrected chi connectivity index (χ4v) is 4.27. The molecule has 5 nitrogen and oxygen atoms in total. The number of hydrogen-bond acceptors (Lipinski definition) is 3. The number of Topliss-reactive ketones (excluding diaryl/α,β-unsaturated/α-hetero) is 1. The zero-order valence-electron chi connectivity index (χ0n) is 18.2. The number of carbonyl (C=O) groups excluding carboxylic acids is 1. The molecule has 0 radical (unpaired) electrons. The molecule has 6 heteroatoms. The van der Waals surface area contributed by atoms with Crippen LogP contribution in [0.5, 0.6) is 0 Å². The number of pyridine rings is 1. The second-order valence-electron chi connectivity index (χ2n) is 8.06. The minimum absolute atomic E-state index is 0.0182. The van der Waals surface area contributed by atoms with E-state index in [4.69, 9.17) is 11.6 Å². The van der Waals surface area contributed by atoms with E-state index >= 15 is 0 Å². The van der Waals surface area contributed by atoms with Crippen molar-refractivity contribution in [1.82, 2.24) is 14.0 Å². The lowest BCUT2D eigenvalue weighted by atomic mass is 10.0. The predicted molar refractivity (Wildman–Crippen MR) is 128 cm³/mol. The van der Waals surface area contributed by atoms with E-state index in [2.05, 4.69) is 0 Å². The first-order chi connectivity index (χ1) is 14.7. The van der Waals surface area contributed by atoms with Gasteiger partial charge in [-0.2, -0.15) is 0 Å². The number of hydrogen-bond donors (Lipinski definition) is 0. The Labute approximate surface area is 185 Å². The predicted octanol–water partition coefficient (Wildman–Crippen LogP) is 5.00. The molecule has 4 aromatic rings. The fourth-order valence-electron chi connectivity index (χ4n) is 4.14. The zero-order valence-corrected chi connectivity index (χ0v) is 19.0. The average Bonchev–Trinajstić information content (AvgIpc) is 3.01. The molecule has 0 fully saturated rings. The molecule has 0 aliphatic rings. The van der Waals surface area contributed by atoms with E-state index in [-0.39, 0.29) is 11.3 Å². The zero-order chi connectivity index (χ0) is 22.4. The molecule has 0 aliphatic carbocycles. The van der Waals surface area contributed by atoms with E-state index in [9.17, 15) is 9.59 Å². The lowest BCUT2D eigenvalue weighted by Crippen LogP contribution is -2.20. The molecule has 2 aromatic carbocycles. The van der Waals surface area contributed by atoms with E-state index in [1.54, 1.807) is 23.7 Å². The number of halogens is 1. The summed E-state index contributed by atoms with van der Waals surface area (Å²) in [5.74, 6) is -0.0182. The summed E-state index contributed by atoms with van der Waals surface area (Å²) in [5, 5.41) is 2.48. The molecule has 0 saturated heterocycles. The highest BCUT2D eigenvalue weighted by Gasteiger charge is 2.18. The van der Waals surface area contributed by atoms with Crippen LogP contribution in [0.4, 0.5) is 0 Å². The Morgan fingerprint density at radius 1 is 0.968 bits per heavy atom. The number of ketones is 1. The monoisotopic (exact) mass is 433 g/mol. The molecular formula is C25H24ClN3O2. The summed E-state index contributed by atoms with van der Waals surface area (Å²) in [6.45, 7) is 1.82. The first-order valence-electron chi connectivity index (χ1n) is 9.96. The Bertz CT molecular complexity index is 1420. The van der Waals surface area contributed by atoms with Crippen molar-refractivity contribution >= 4 is 39.3 Å². The number of aromatic nitrogens is 2. The third-order valence-corrected chi connectivity index (χ3v) is 5.83. The van der Waals surface area contributed by atoms with Crippen molar-refractivity contribution in [3.8, 4) is 11.1 Å². The number of allylic oxidation sites excluding steroid dienone is 1. The van der Waals surface area contributed by atoms with Crippen LogP contribution >= 0.6 is 11.6 Å². The Morgan fingerprint density at radius 3 is 2.29 bits per heavy atom. The van der Waals surface area contributed by atoms with Crippen molar-refractivity contribution in [2.45, 2.75) is 6.92 Å². The second-order valence-corrected chi connectivity index (χ2v) is 8.50. The topological polar surface area (TPSA) is 47.2 Å². The molecule has 4 rings (SSSR count). The van der Waals surface area contributed by atoms with Gasteiger partial charge in [-0.25, -0.2) is 0 Å². The lowest BCUT2D eigenvalue weighted by molar-refractivity contribution is 0.103. The van der Waals surface area contributed by atoms with E-state index in [1.165, 1.54) is 0 Å².